The summed E-state index contributed by atoms with van der Waals surface area (Å²) >= 11 is 0. The van der Waals surface area contributed by atoms with Crippen LogP contribution in [0.4, 0.5) is 0 Å². The first-order valence-electron chi connectivity index (χ1n) is 8.28. The molecule has 1 amide bonds. The lowest BCUT2D eigenvalue weighted by Crippen LogP contribution is -2.51. The van der Waals surface area contributed by atoms with E-state index in [2.05, 4.69) is 17.6 Å². The zero-order chi connectivity index (χ0) is 13.5. The molecular weight excluding hydrogens is 236 g/mol. The average molecular weight is 266 g/mol. The summed E-state index contributed by atoms with van der Waals surface area (Å²) < 4.78 is 0. The van der Waals surface area contributed by atoms with E-state index in [0.717, 1.165) is 31.7 Å². The number of hydrogen-bond donors (Lipinski definition) is 2. The van der Waals surface area contributed by atoms with Crippen LogP contribution in [0.3, 0.4) is 0 Å². The smallest absolute Gasteiger partial charge is 0.220 e. The number of carbonyl (C=O) groups is 1. The van der Waals surface area contributed by atoms with Gasteiger partial charge in [-0.25, -0.2) is 0 Å². The van der Waals surface area contributed by atoms with E-state index in [1.807, 2.05) is 0 Å². The van der Waals surface area contributed by atoms with E-state index in [1.54, 1.807) is 0 Å². The molecule has 0 radical (unpaired) electrons. The number of hydrogen-bond acceptors (Lipinski definition) is 2. The van der Waals surface area contributed by atoms with Crippen molar-refractivity contribution in [1.82, 2.24) is 10.6 Å². The minimum absolute atomic E-state index is 0.261. The molecule has 110 valence electrons. The third-order valence-electron chi connectivity index (χ3n) is 4.85. The molecule has 2 atom stereocenters. The van der Waals surface area contributed by atoms with E-state index in [-0.39, 0.29) is 5.91 Å². The van der Waals surface area contributed by atoms with Crippen LogP contribution >= 0.6 is 0 Å². The van der Waals surface area contributed by atoms with Crippen molar-refractivity contribution < 1.29 is 4.79 Å². The maximum absolute atomic E-state index is 12.0. The molecule has 2 fully saturated rings. The van der Waals surface area contributed by atoms with Crippen LogP contribution < -0.4 is 10.6 Å². The van der Waals surface area contributed by atoms with Crippen LogP contribution in [0.2, 0.25) is 0 Å². The van der Waals surface area contributed by atoms with Crippen LogP contribution in [-0.4, -0.2) is 24.5 Å². The summed E-state index contributed by atoms with van der Waals surface area (Å²) in [6.07, 6.45) is 12.4. The van der Waals surface area contributed by atoms with Crippen LogP contribution in [0.15, 0.2) is 0 Å². The summed E-state index contributed by atoms with van der Waals surface area (Å²) in [7, 11) is 0. The summed E-state index contributed by atoms with van der Waals surface area (Å²) in [5.41, 5.74) is 0. The second kappa shape index (κ2) is 7.88. The fourth-order valence-corrected chi connectivity index (χ4v) is 3.55. The molecule has 0 aromatic rings. The van der Waals surface area contributed by atoms with Crippen molar-refractivity contribution >= 4 is 5.91 Å². The number of amides is 1. The third-order valence-corrected chi connectivity index (χ3v) is 4.85. The zero-order valence-corrected chi connectivity index (χ0v) is 12.4. The average Bonchev–Trinajstić information content (AvgIpc) is 2.43. The van der Waals surface area contributed by atoms with Crippen molar-refractivity contribution in [1.29, 1.82) is 0 Å². The summed E-state index contributed by atoms with van der Waals surface area (Å²) in [5, 5.41) is 6.64. The number of piperidine rings is 1. The van der Waals surface area contributed by atoms with E-state index >= 15 is 0 Å². The van der Waals surface area contributed by atoms with Crippen LogP contribution in [-0.2, 0) is 4.79 Å². The summed E-state index contributed by atoms with van der Waals surface area (Å²) in [6, 6.07) is 0.770. The molecule has 3 nitrogen and oxygen atoms in total. The Hall–Kier alpha value is -0.570. The number of nitrogens with one attached hydrogen (secondary N) is 2. The first-order chi connectivity index (χ1) is 9.25. The molecule has 0 spiro atoms. The van der Waals surface area contributed by atoms with Crippen LogP contribution in [0.5, 0.6) is 0 Å². The van der Waals surface area contributed by atoms with E-state index in [0.29, 0.717) is 12.1 Å². The summed E-state index contributed by atoms with van der Waals surface area (Å²) in [6.45, 7) is 3.27. The SMILES string of the molecule is CC1NCCCC1NC(=O)CCCC1CCCCC1. The van der Waals surface area contributed by atoms with Crippen molar-refractivity contribution in [2.24, 2.45) is 5.92 Å². The molecule has 19 heavy (non-hydrogen) atoms. The van der Waals surface area contributed by atoms with Gasteiger partial charge in [-0.05, 0) is 45.1 Å². The molecule has 1 aliphatic heterocycles. The van der Waals surface area contributed by atoms with Crippen molar-refractivity contribution in [3.05, 3.63) is 0 Å². The lowest BCUT2D eigenvalue weighted by molar-refractivity contribution is -0.122. The Bertz CT molecular complexity index is 274. The van der Waals surface area contributed by atoms with Gasteiger partial charge in [-0.15, -0.1) is 0 Å². The standard InChI is InChI=1S/C16H30N2O/c1-13-15(10-6-12-17-13)18-16(19)11-5-9-14-7-3-2-4-8-14/h13-15,17H,2-12H2,1H3,(H,18,19). The zero-order valence-electron chi connectivity index (χ0n) is 12.4. The van der Waals surface area contributed by atoms with E-state index in [1.165, 1.54) is 44.9 Å². The first-order valence-corrected chi connectivity index (χ1v) is 8.28. The third kappa shape index (κ3) is 5.13. The Labute approximate surface area is 117 Å². The number of rotatable bonds is 5. The fraction of sp³-hybridized carbons (Fsp3) is 0.938. The summed E-state index contributed by atoms with van der Waals surface area (Å²) in [4.78, 5) is 12.0. The lowest BCUT2D eigenvalue weighted by Gasteiger charge is -2.30. The second-order valence-corrected chi connectivity index (χ2v) is 6.46. The summed E-state index contributed by atoms with van der Waals surface area (Å²) in [5.74, 6) is 1.16. The Morgan fingerprint density at radius 3 is 2.68 bits per heavy atom. The highest BCUT2D eigenvalue weighted by Gasteiger charge is 2.22. The Morgan fingerprint density at radius 1 is 1.16 bits per heavy atom. The molecule has 3 heteroatoms. The maximum atomic E-state index is 12.0. The molecule has 2 rings (SSSR count). The molecule has 0 aromatic carbocycles. The first kappa shape index (κ1) is 14.8. The van der Waals surface area contributed by atoms with Gasteiger partial charge < -0.3 is 10.6 Å². The molecular formula is C16H30N2O. The van der Waals surface area contributed by atoms with E-state index < -0.39 is 0 Å². The quantitative estimate of drug-likeness (QED) is 0.803. The van der Waals surface area contributed by atoms with Gasteiger partial charge in [-0.1, -0.05) is 32.1 Å². The normalized spacial score (nSPS) is 29.1. The van der Waals surface area contributed by atoms with Gasteiger partial charge in [0, 0.05) is 18.5 Å². The van der Waals surface area contributed by atoms with Crippen molar-refractivity contribution in [2.75, 3.05) is 6.54 Å². The Balaban J connectivity index is 1.58. The Morgan fingerprint density at radius 2 is 1.95 bits per heavy atom. The van der Waals surface area contributed by atoms with Crippen molar-refractivity contribution in [2.45, 2.75) is 83.2 Å². The molecule has 2 aliphatic rings. The van der Waals surface area contributed by atoms with Gasteiger partial charge in [0.15, 0.2) is 0 Å². The highest BCUT2D eigenvalue weighted by molar-refractivity contribution is 5.76. The fourth-order valence-electron chi connectivity index (χ4n) is 3.55. The molecule has 1 heterocycles. The molecule has 0 aromatic heterocycles. The molecule has 0 bridgehead atoms. The van der Waals surface area contributed by atoms with Crippen LogP contribution in [0.25, 0.3) is 0 Å². The van der Waals surface area contributed by atoms with Crippen molar-refractivity contribution in [3.8, 4) is 0 Å². The molecule has 2 unspecified atom stereocenters. The predicted molar refractivity (Wildman–Crippen MR) is 79.1 cm³/mol. The van der Waals surface area contributed by atoms with Crippen molar-refractivity contribution in [3.63, 3.8) is 0 Å². The van der Waals surface area contributed by atoms with E-state index in [4.69, 9.17) is 0 Å². The minimum Gasteiger partial charge on any atom is -0.352 e. The van der Waals surface area contributed by atoms with Gasteiger partial charge in [0.1, 0.15) is 0 Å². The highest BCUT2D eigenvalue weighted by atomic mass is 16.1. The monoisotopic (exact) mass is 266 g/mol. The van der Waals surface area contributed by atoms with Crippen LogP contribution in [0.1, 0.15) is 71.1 Å². The minimum atomic E-state index is 0.261. The van der Waals surface area contributed by atoms with Gasteiger partial charge in [0.05, 0.1) is 0 Å². The van der Waals surface area contributed by atoms with Gasteiger partial charge >= 0.3 is 0 Å². The Kier molecular flexibility index (Phi) is 6.15. The number of carbonyl (C=O) groups excluding carboxylic acids is 1. The van der Waals surface area contributed by atoms with E-state index in [9.17, 15) is 4.79 Å². The predicted octanol–water partition coefficient (Wildman–Crippen LogP) is 2.99. The molecule has 1 aliphatic carbocycles. The largest absolute Gasteiger partial charge is 0.352 e. The van der Waals surface area contributed by atoms with Gasteiger partial charge in [0.2, 0.25) is 5.91 Å². The van der Waals surface area contributed by atoms with Gasteiger partial charge in [-0.2, -0.15) is 0 Å². The highest BCUT2D eigenvalue weighted by Crippen LogP contribution is 2.27. The molecule has 1 saturated heterocycles. The maximum Gasteiger partial charge on any atom is 0.220 e. The molecule has 2 N–H and O–H groups in total. The lowest BCUT2D eigenvalue weighted by atomic mass is 9.86. The van der Waals surface area contributed by atoms with Gasteiger partial charge in [-0.3, -0.25) is 4.79 Å². The molecule has 1 saturated carbocycles. The van der Waals surface area contributed by atoms with Crippen LogP contribution in [0, 0.1) is 5.92 Å². The topological polar surface area (TPSA) is 41.1 Å². The second-order valence-electron chi connectivity index (χ2n) is 6.46. The van der Waals surface area contributed by atoms with Gasteiger partial charge in [0.25, 0.3) is 0 Å².